The van der Waals surface area contributed by atoms with E-state index in [1.807, 2.05) is 13.8 Å². The van der Waals surface area contributed by atoms with E-state index >= 15 is 0 Å². The molecule has 6 nitrogen and oxygen atoms in total. The number of nitrogens with zero attached hydrogens (tertiary/aromatic N) is 2. The van der Waals surface area contributed by atoms with Crippen molar-refractivity contribution in [3.8, 4) is 0 Å². The Morgan fingerprint density at radius 3 is 2.83 bits per heavy atom. The van der Waals surface area contributed by atoms with Gasteiger partial charge in [-0.25, -0.2) is 0 Å². The van der Waals surface area contributed by atoms with Crippen LogP contribution in [0.1, 0.15) is 37.2 Å². The van der Waals surface area contributed by atoms with Crippen LogP contribution in [-0.2, 0) is 11.8 Å². The van der Waals surface area contributed by atoms with Crippen molar-refractivity contribution in [2.45, 2.75) is 32.8 Å². The Hall–Kier alpha value is -1.56. The van der Waals surface area contributed by atoms with Gasteiger partial charge in [-0.1, -0.05) is 0 Å². The summed E-state index contributed by atoms with van der Waals surface area (Å²) in [6.07, 6.45) is 3.68. The third-order valence-corrected chi connectivity index (χ3v) is 2.38. The Balaban J connectivity index is 2.20. The number of ether oxygens (including phenoxy) is 1. The number of hydrogen-bond acceptors (Lipinski definition) is 4. The lowest BCUT2D eigenvalue weighted by Crippen LogP contribution is -2.26. The van der Waals surface area contributed by atoms with Crippen LogP contribution in [-0.4, -0.2) is 34.9 Å². The number of aryl methyl sites for hydroxylation is 1. The molecule has 0 aliphatic rings. The quantitative estimate of drug-likeness (QED) is 0.709. The number of rotatable bonds is 7. The van der Waals surface area contributed by atoms with Gasteiger partial charge in [0.15, 0.2) is 5.69 Å². The third-order valence-electron chi connectivity index (χ3n) is 2.38. The molecule has 1 aromatic heterocycles. The van der Waals surface area contributed by atoms with Crippen LogP contribution in [0.5, 0.6) is 0 Å². The second-order valence-corrected chi connectivity index (χ2v) is 4.49. The maximum absolute atomic E-state index is 11.7. The summed E-state index contributed by atoms with van der Waals surface area (Å²) in [6, 6.07) is 0. The maximum Gasteiger partial charge on any atom is 0.273 e. The van der Waals surface area contributed by atoms with Crippen molar-refractivity contribution in [1.82, 2.24) is 15.1 Å². The van der Waals surface area contributed by atoms with Crippen molar-refractivity contribution >= 4 is 11.6 Å². The Morgan fingerprint density at radius 2 is 2.28 bits per heavy atom. The summed E-state index contributed by atoms with van der Waals surface area (Å²) in [4.78, 5) is 11.7. The van der Waals surface area contributed by atoms with E-state index in [1.54, 1.807) is 13.2 Å². The van der Waals surface area contributed by atoms with Gasteiger partial charge in [-0.15, -0.1) is 0 Å². The zero-order valence-corrected chi connectivity index (χ0v) is 11.3. The number of hydrogen-bond donors (Lipinski definition) is 2. The molecule has 102 valence electrons. The van der Waals surface area contributed by atoms with Crippen molar-refractivity contribution in [1.29, 1.82) is 0 Å². The van der Waals surface area contributed by atoms with Gasteiger partial charge < -0.3 is 15.8 Å². The third kappa shape index (κ3) is 4.75. The number of nitrogens with one attached hydrogen (secondary N) is 1. The summed E-state index contributed by atoms with van der Waals surface area (Å²) >= 11 is 0. The molecule has 6 heteroatoms. The minimum Gasteiger partial charge on any atom is -0.396 e. The van der Waals surface area contributed by atoms with E-state index in [9.17, 15) is 4.79 Å². The number of nitrogen functional groups attached to an aromatic ring is 1. The van der Waals surface area contributed by atoms with Crippen molar-refractivity contribution < 1.29 is 9.53 Å². The van der Waals surface area contributed by atoms with E-state index in [4.69, 9.17) is 10.5 Å². The molecular weight excluding hydrogens is 232 g/mol. The topological polar surface area (TPSA) is 82.2 Å². The predicted molar refractivity (Wildman–Crippen MR) is 70.3 cm³/mol. The van der Waals surface area contributed by atoms with Crippen LogP contribution in [0.4, 0.5) is 5.69 Å². The summed E-state index contributed by atoms with van der Waals surface area (Å²) in [7, 11) is 1.73. The minimum atomic E-state index is -0.224. The number of anilines is 1. The fourth-order valence-corrected chi connectivity index (χ4v) is 1.52. The predicted octanol–water partition coefficient (Wildman–Crippen LogP) is 0.937. The molecule has 0 saturated heterocycles. The highest BCUT2D eigenvalue weighted by Crippen LogP contribution is 2.07. The number of nitrogens with two attached hydrogens (primary N) is 1. The molecule has 3 N–H and O–H groups in total. The normalized spacial score (nSPS) is 10.9. The van der Waals surface area contributed by atoms with Gasteiger partial charge in [0.05, 0.1) is 11.8 Å². The molecule has 0 aromatic carbocycles. The van der Waals surface area contributed by atoms with Gasteiger partial charge in [0.25, 0.3) is 5.91 Å². The molecule has 0 bridgehead atoms. The van der Waals surface area contributed by atoms with Gasteiger partial charge in [-0.05, 0) is 26.7 Å². The lowest BCUT2D eigenvalue weighted by molar-refractivity contribution is 0.0754. The number of carbonyl (C=O) groups excluding carboxylic acids is 1. The Bertz CT molecular complexity index is 387. The number of unbranched alkanes of at least 4 members (excludes halogenated alkanes) is 1. The largest absolute Gasteiger partial charge is 0.396 e. The van der Waals surface area contributed by atoms with Gasteiger partial charge in [0.1, 0.15) is 0 Å². The molecule has 1 rings (SSSR count). The first-order valence-corrected chi connectivity index (χ1v) is 6.19. The van der Waals surface area contributed by atoms with Crippen molar-refractivity contribution in [3.05, 3.63) is 11.9 Å². The SMILES string of the molecule is CC(C)OCCCCNC(=O)c1nn(C)cc1N. The fourth-order valence-electron chi connectivity index (χ4n) is 1.52. The second kappa shape index (κ2) is 7.00. The summed E-state index contributed by atoms with van der Waals surface area (Å²) in [5.41, 5.74) is 6.35. The molecule has 0 fully saturated rings. The molecule has 1 heterocycles. The summed E-state index contributed by atoms with van der Waals surface area (Å²) in [5.74, 6) is -0.224. The van der Waals surface area contributed by atoms with Gasteiger partial charge >= 0.3 is 0 Å². The van der Waals surface area contributed by atoms with Crippen LogP contribution in [0.15, 0.2) is 6.20 Å². The van der Waals surface area contributed by atoms with E-state index in [0.29, 0.717) is 12.2 Å². The van der Waals surface area contributed by atoms with Gasteiger partial charge in [0.2, 0.25) is 0 Å². The van der Waals surface area contributed by atoms with Gasteiger partial charge in [0, 0.05) is 26.4 Å². The lowest BCUT2D eigenvalue weighted by Gasteiger charge is -2.07. The second-order valence-electron chi connectivity index (χ2n) is 4.49. The zero-order valence-electron chi connectivity index (χ0n) is 11.3. The Morgan fingerprint density at radius 1 is 1.56 bits per heavy atom. The number of aromatic nitrogens is 2. The van der Waals surface area contributed by atoms with Crippen molar-refractivity contribution in [3.63, 3.8) is 0 Å². The lowest BCUT2D eigenvalue weighted by atomic mass is 10.3. The van der Waals surface area contributed by atoms with Crippen LogP contribution < -0.4 is 11.1 Å². The molecule has 0 aliphatic carbocycles. The number of carbonyl (C=O) groups is 1. The molecular formula is C12H22N4O2. The molecule has 1 aromatic rings. The summed E-state index contributed by atoms with van der Waals surface area (Å²) in [6.45, 7) is 5.34. The first-order chi connectivity index (χ1) is 8.50. The van der Waals surface area contributed by atoms with Crippen LogP contribution in [0.2, 0.25) is 0 Å². The maximum atomic E-state index is 11.7. The minimum absolute atomic E-state index is 0.224. The van der Waals surface area contributed by atoms with E-state index in [-0.39, 0.29) is 17.7 Å². The summed E-state index contributed by atoms with van der Waals surface area (Å²) < 4.78 is 6.94. The van der Waals surface area contributed by atoms with Gasteiger partial charge in [-0.3, -0.25) is 9.48 Å². The highest BCUT2D eigenvalue weighted by atomic mass is 16.5. The molecule has 1 amide bonds. The first kappa shape index (κ1) is 14.5. The Labute approximate surface area is 107 Å². The molecule has 0 aliphatic heterocycles. The summed E-state index contributed by atoms with van der Waals surface area (Å²) in [5, 5.41) is 6.79. The molecule has 0 radical (unpaired) electrons. The highest BCUT2D eigenvalue weighted by Gasteiger charge is 2.12. The molecule has 0 saturated carbocycles. The van der Waals surface area contributed by atoms with Crippen LogP contribution in [0.3, 0.4) is 0 Å². The van der Waals surface area contributed by atoms with E-state index in [0.717, 1.165) is 19.4 Å². The number of amides is 1. The monoisotopic (exact) mass is 254 g/mol. The average molecular weight is 254 g/mol. The van der Waals surface area contributed by atoms with Crippen LogP contribution in [0.25, 0.3) is 0 Å². The molecule has 0 atom stereocenters. The van der Waals surface area contributed by atoms with E-state index in [1.165, 1.54) is 4.68 Å². The molecule has 0 unspecified atom stereocenters. The smallest absolute Gasteiger partial charge is 0.273 e. The average Bonchev–Trinajstić information content (AvgIpc) is 2.62. The molecule has 0 spiro atoms. The Kier molecular flexibility index (Phi) is 5.64. The van der Waals surface area contributed by atoms with E-state index < -0.39 is 0 Å². The highest BCUT2D eigenvalue weighted by molar-refractivity contribution is 5.96. The van der Waals surface area contributed by atoms with Gasteiger partial charge in [-0.2, -0.15) is 5.10 Å². The van der Waals surface area contributed by atoms with Crippen LogP contribution >= 0.6 is 0 Å². The first-order valence-electron chi connectivity index (χ1n) is 6.19. The zero-order chi connectivity index (χ0) is 13.5. The van der Waals surface area contributed by atoms with E-state index in [2.05, 4.69) is 10.4 Å². The standard InChI is InChI=1S/C12H22N4O2/c1-9(2)18-7-5-4-6-14-12(17)11-10(13)8-16(3)15-11/h8-9H,4-7,13H2,1-3H3,(H,14,17). The van der Waals surface area contributed by atoms with Crippen molar-refractivity contribution in [2.75, 3.05) is 18.9 Å². The van der Waals surface area contributed by atoms with Crippen molar-refractivity contribution in [2.24, 2.45) is 7.05 Å². The fraction of sp³-hybridized carbons (Fsp3) is 0.667. The molecule has 18 heavy (non-hydrogen) atoms. The van der Waals surface area contributed by atoms with Crippen LogP contribution in [0, 0.1) is 0 Å².